The van der Waals surface area contributed by atoms with Crippen LogP contribution in [0.4, 0.5) is 4.79 Å². The van der Waals surface area contributed by atoms with E-state index in [1.54, 1.807) is 6.08 Å². The lowest BCUT2D eigenvalue weighted by Gasteiger charge is -2.09. The molecule has 136 valence electrons. The molecule has 2 heterocycles. The minimum Gasteiger partial charge on any atom is -0.342 e. The van der Waals surface area contributed by atoms with Crippen molar-refractivity contribution >= 4 is 28.9 Å². The van der Waals surface area contributed by atoms with E-state index >= 15 is 0 Å². The zero-order valence-electron chi connectivity index (χ0n) is 15.6. The number of hydrogen-bond donors (Lipinski definition) is 2. The number of benzene rings is 2. The van der Waals surface area contributed by atoms with Gasteiger partial charge in [0.2, 0.25) is 0 Å². The first-order chi connectivity index (χ1) is 12.9. The molecular weight excluding hydrogens is 338 g/mol. The van der Waals surface area contributed by atoms with Gasteiger partial charge >= 0.3 is 6.03 Å². The van der Waals surface area contributed by atoms with Crippen molar-refractivity contribution in [3.8, 4) is 0 Å². The summed E-state index contributed by atoms with van der Waals surface area (Å²) < 4.78 is 2.19. The van der Waals surface area contributed by atoms with Crippen LogP contribution in [-0.2, 0) is 11.3 Å². The van der Waals surface area contributed by atoms with Gasteiger partial charge in [0, 0.05) is 29.2 Å². The van der Waals surface area contributed by atoms with Crippen LogP contribution in [0.5, 0.6) is 0 Å². The van der Waals surface area contributed by atoms with Gasteiger partial charge in [-0.25, -0.2) is 4.79 Å². The maximum Gasteiger partial charge on any atom is 0.326 e. The molecule has 0 atom stereocenters. The van der Waals surface area contributed by atoms with Crippen LogP contribution in [0.15, 0.2) is 48.3 Å². The number of nitrogens with one attached hydrogen (secondary N) is 2. The Bertz CT molecular complexity index is 1120. The lowest BCUT2D eigenvalue weighted by atomic mass is 10.1. The normalized spacial score (nSPS) is 15.4. The highest BCUT2D eigenvalue weighted by molar-refractivity contribution is 6.14. The second-order valence-corrected chi connectivity index (χ2v) is 7.13. The van der Waals surface area contributed by atoms with E-state index in [0.717, 1.165) is 28.6 Å². The average molecular weight is 359 g/mol. The molecule has 0 saturated carbocycles. The van der Waals surface area contributed by atoms with Gasteiger partial charge in [0.15, 0.2) is 0 Å². The Balaban J connectivity index is 1.81. The van der Waals surface area contributed by atoms with Crippen LogP contribution >= 0.6 is 0 Å². The number of rotatable bonds is 3. The molecule has 0 bridgehead atoms. The maximum atomic E-state index is 11.9. The monoisotopic (exact) mass is 359 g/mol. The molecule has 5 heteroatoms. The van der Waals surface area contributed by atoms with Gasteiger partial charge in [-0.3, -0.25) is 10.1 Å². The number of carbonyl (C=O) groups is 2. The van der Waals surface area contributed by atoms with Crippen molar-refractivity contribution in [2.24, 2.45) is 0 Å². The second kappa shape index (κ2) is 6.43. The molecule has 3 amide bonds. The number of hydrogen-bond acceptors (Lipinski definition) is 2. The second-order valence-electron chi connectivity index (χ2n) is 7.13. The summed E-state index contributed by atoms with van der Waals surface area (Å²) in [6.45, 7) is 7.00. The van der Waals surface area contributed by atoms with Gasteiger partial charge in [-0.05, 0) is 50.1 Å². The first-order valence-corrected chi connectivity index (χ1v) is 8.90. The highest BCUT2D eigenvalue weighted by Gasteiger charge is 2.23. The molecule has 2 aromatic carbocycles. The number of nitrogens with zero attached hydrogens (tertiary/aromatic N) is 1. The molecule has 3 aromatic rings. The average Bonchev–Trinajstić information content (AvgIpc) is 3.10. The van der Waals surface area contributed by atoms with Crippen LogP contribution in [0.1, 0.15) is 27.8 Å². The minimum absolute atomic E-state index is 0.270. The number of carbonyl (C=O) groups excluding carboxylic acids is 2. The Labute approximate surface area is 157 Å². The third kappa shape index (κ3) is 3.24. The fourth-order valence-corrected chi connectivity index (χ4v) is 3.53. The Morgan fingerprint density at radius 2 is 1.70 bits per heavy atom. The third-order valence-electron chi connectivity index (χ3n) is 4.93. The van der Waals surface area contributed by atoms with E-state index in [-0.39, 0.29) is 5.70 Å². The lowest BCUT2D eigenvalue weighted by molar-refractivity contribution is -0.115. The van der Waals surface area contributed by atoms with Crippen molar-refractivity contribution in [3.63, 3.8) is 0 Å². The Morgan fingerprint density at radius 1 is 0.963 bits per heavy atom. The van der Waals surface area contributed by atoms with Crippen molar-refractivity contribution in [1.82, 2.24) is 15.2 Å². The fraction of sp³-hybridized carbons (Fsp3) is 0.182. The predicted octanol–water partition coefficient (Wildman–Crippen LogP) is 3.80. The van der Waals surface area contributed by atoms with Crippen molar-refractivity contribution in [1.29, 1.82) is 0 Å². The van der Waals surface area contributed by atoms with Crippen molar-refractivity contribution in [2.45, 2.75) is 27.3 Å². The van der Waals surface area contributed by atoms with Crippen LogP contribution in [0, 0.1) is 20.8 Å². The Morgan fingerprint density at radius 3 is 2.41 bits per heavy atom. The lowest BCUT2D eigenvalue weighted by Crippen LogP contribution is -2.22. The SMILES string of the molecule is Cc1ccc(Cn2cc(/C=C3\NC(=O)NC3=O)c3cc(C)ccc32)c(C)c1. The van der Waals surface area contributed by atoms with Gasteiger partial charge in [0.05, 0.1) is 0 Å². The van der Waals surface area contributed by atoms with Gasteiger partial charge < -0.3 is 9.88 Å². The van der Waals surface area contributed by atoms with E-state index in [1.807, 2.05) is 13.1 Å². The molecule has 1 saturated heterocycles. The molecule has 5 nitrogen and oxygen atoms in total. The van der Waals surface area contributed by atoms with Crippen LogP contribution in [-0.4, -0.2) is 16.5 Å². The summed E-state index contributed by atoms with van der Waals surface area (Å²) in [6.07, 6.45) is 3.77. The molecular formula is C22H21N3O2. The first-order valence-electron chi connectivity index (χ1n) is 8.90. The Hall–Kier alpha value is -3.34. The van der Waals surface area contributed by atoms with Gasteiger partial charge in [-0.1, -0.05) is 35.4 Å². The molecule has 1 aliphatic heterocycles. The number of fused-ring (bicyclic) bond motifs is 1. The first kappa shape index (κ1) is 17.1. The zero-order valence-corrected chi connectivity index (χ0v) is 15.6. The molecule has 27 heavy (non-hydrogen) atoms. The smallest absolute Gasteiger partial charge is 0.326 e. The molecule has 2 N–H and O–H groups in total. The van der Waals surface area contributed by atoms with E-state index in [9.17, 15) is 9.59 Å². The highest BCUT2D eigenvalue weighted by atomic mass is 16.2. The molecule has 0 aliphatic carbocycles. The molecule has 4 rings (SSSR count). The molecule has 0 spiro atoms. The van der Waals surface area contributed by atoms with Crippen LogP contribution in [0.25, 0.3) is 17.0 Å². The quantitative estimate of drug-likeness (QED) is 0.552. The number of urea groups is 1. The van der Waals surface area contributed by atoms with Gasteiger partial charge in [0.1, 0.15) is 5.70 Å². The van der Waals surface area contributed by atoms with E-state index < -0.39 is 11.9 Å². The molecule has 0 radical (unpaired) electrons. The summed E-state index contributed by atoms with van der Waals surface area (Å²) in [5, 5.41) is 5.86. The van der Waals surface area contributed by atoms with E-state index in [1.165, 1.54) is 16.7 Å². The van der Waals surface area contributed by atoms with Crippen LogP contribution < -0.4 is 10.6 Å². The fourth-order valence-electron chi connectivity index (χ4n) is 3.53. The number of aromatic nitrogens is 1. The summed E-state index contributed by atoms with van der Waals surface area (Å²) in [4.78, 5) is 23.3. The summed E-state index contributed by atoms with van der Waals surface area (Å²) in [6, 6.07) is 12.3. The summed E-state index contributed by atoms with van der Waals surface area (Å²) in [7, 11) is 0. The molecule has 1 fully saturated rings. The highest BCUT2D eigenvalue weighted by Crippen LogP contribution is 2.26. The minimum atomic E-state index is -0.485. The number of imide groups is 1. The van der Waals surface area contributed by atoms with E-state index in [4.69, 9.17) is 0 Å². The number of aryl methyl sites for hydroxylation is 3. The zero-order chi connectivity index (χ0) is 19.1. The van der Waals surface area contributed by atoms with Crippen LogP contribution in [0.2, 0.25) is 0 Å². The van der Waals surface area contributed by atoms with E-state index in [0.29, 0.717) is 0 Å². The predicted molar refractivity (Wildman–Crippen MR) is 106 cm³/mol. The van der Waals surface area contributed by atoms with Crippen molar-refractivity contribution < 1.29 is 9.59 Å². The maximum absolute atomic E-state index is 11.9. The van der Waals surface area contributed by atoms with Crippen molar-refractivity contribution in [2.75, 3.05) is 0 Å². The number of amides is 3. The van der Waals surface area contributed by atoms with Crippen molar-refractivity contribution in [3.05, 3.63) is 76.1 Å². The topological polar surface area (TPSA) is 63.1 Å². The van der Waals surface area contributed by atoms with Gasteiger partial charge in [0.25, 0.3) is 5.91 Å². The molecule has 0 unspecified atom stereocenters. The van der Waals surface area contributed by atoms with Crippen LogP contribution in [0.3, 0.4) is 0 Å². The Kier molecular flexibility index (Phi) is 4.07. The third-order valence-corrected chi connectivity index (χ3v) is 4.93. The standard InChI is InChI=1S/C22H21N3O2/c1-13-4-6-16(15(3)8-13)11-25-12-17(10-19-21(26)24-22(27)23-19)18-9-14(2)5-7-20(18)25/h4-10,12H,11H2,1-3H3,(H2,23,24,26,27)/b19-10-. The van der Waals surface area contributed by atoms with E-state index in [2.05, 4.69) is 65.4 Å². The largest absolute Gasteiger partial charge is 0.342 e. The summed E-state index contributed by atoms with van der Waals surface area (Å²) >= 11 is 0. The molecule has 1 aromatic heterocycles. The summed E-state index contributed by atoms with van der Waals surface area (Å²) in [5.41, 5.74) is 7.18. The summed E-state index contributed by atoms with van der Waals surface area (Å²) in [5.74, 6) is -0.400. The van der Waals surface area contributed by atoms with Gasteiger partial charge in [-0.15, -0.1) is 0 Å². The molecule has 1 aliphatic rings. The van der Waals surface area contributed by atoms with Gasteiger partial charge in [-0.2, -0.15) is 0 Å².